The van der Waals surface area contributed by atoms with Crippen LogP contribution in [0.5, 0.6) is 0 Å². The van der Waals surface area contributed by atoms with Gasteiger partial charge in [-0.15, -0.1) is 15.3 Å². The number of hydrogen-bond donors (Lipinski definition) is 2. The second kappa shape index (κ2) is 6.06. The molecule has 1 unspecified atom stereocenters. The van der Waals surface area contributed by atoms with E-state index in [1.54, 1.807) is 18.2 Å². The molecule has 0 saturated heterocycles. The van der Waals surface area contributed by atoms with Crippen molar-refractivity contribution in [2.45, 2.75) is 18.9 Å². The summed E-state index contributed by atoms with van der Waals surface area (Å²) in [5, 5.41) is 23.3. The molecule has 0 radical (unpaired) electrons. The first-order valence-electron chi connectivity index (χ1n) is 6.60. The predicted molar refractivity (Wildman–Crippen MR) is 72.5 cm³/mol. The Kier molecular flexibility index (Phi) is 3.96. The fourth-order valence-corrected chi connectivity index (χ4v) is 2.10. The summed E-state index contributed by atoms with van der Waals surface area (Å²) in [6, 6.07) is 6.30. The Morgan fingerprint density at radius 3 is 2.82 bits per heavy atom. The second-order valence-corrected chi connectivity index (χ2v) is 4.57. The fraction of sp³-hybridized carbons (Fsp3) is 0.308. The Morgan fingerprint density at radius 1 is 1.27 bits per heavy atom. The van der Waals surface area contributed by atoms with Gasteiger partial charge in [-0.3, -0.25) is 0 Å². The molecule has 2 N–H and O–H groups in total. The van der Waals surface area contributed by atoms with Crippen molar-refractivity contribution in [3.8, 4) is 0 Å². The number of nitrogens with one attached hydrogen (secondary N) is 1. The highest BCUT2D eigenvalue weighted by Gasteiger charge is 2.19. The van der Waals surface area contributed by atoms with Crippen molar-refractivity contribution in [2.24, 2.45) is 0 Å². The lowest BCUT2D eigenvalue weighted by molar-refractivity contribution is 0.137. The minimum atomic E-state index is -2.77. The zero-order valence-electron chi connectivity index (χ0n) is 11.4. The van der Waals surface area contributed by atoms with Gasteiger partial charge in [0.1, 0.15) is 11.6 Å². The van der Waals surface area contributed by atoms with Crippen molar-refractivity contribution < 1.29 is 18.3 Å². The van der Waals surface area contributed by atoms with Crippen molar-refractivity contribution >= 4 is 11.5 Å². The average Bonchev–Trinajstić information content (AvgIpc) is 3.16. The first-order chi connectivity index (χ1) is 10.7. The zero-order valence-corrected chi connectivity index (χ0v) is 11.4. The first-order valence-corrected chi connectivity index (χ1v) is 6.60. The van der Waals surface area contributed by atoms with E-state index in [2.05, 4.69) is 20.6 Å². The molecule has 3 rings (SSSR count). The summed E-state index contributed by atoms with van der Waals surface area (Å²) in [6.45, 7) is -0.0600. The van der Waals surface area contributed by atoms with Crippen molar-refractivity contribution in [2.75, 3.05) is 11.9 Å². The van der Waals surface area contributed by atoms with Crippen LogP contribution in [0, 0.1) is 0 Å². The van der Waals surface area contributed by atoms with Gasteiger partial charge in [-0.25, -0.2) is 8.78 Å². The SMILES string of the molecule is OCCC(Nc1ccc2nnc(C(F)F)n2n1)c1ccco1. The van der Waals surface area contributed by atoms with Gasteiger partial charge in [-0.1, -0.05) is 0 Å². The van der Waals surface area contributed by atoms with E-state index in [1.807, 2.05) is 0 Å². The van der Waals surface area contributed by atoms with Gasteiger partial charge in [0.25, 0.3) is 6.43 Å². The third kappa shape index (κ3) is 2.75. The molecule has 0 aromatic carbocycles. The molecule has 7 nitrogen and oxygen atoms in total. The van der Waals surface area contributed by atoms with Crippen molar-refractivity contribution in [1.82, 2.24) is 19.8 Å². The number of hydrogen-bond acceptors (Lipinski definition) is 6. The highest BCUT2D eigenvalue weighted by Crippen LogP contribution is 2.23. The number of alkyl halides is 2. The zero-order chi connectivity index (χ0) is 15.5. The number of aliphatic hydroxyl groups is 1. The lowest BCUT2D eigenvalue weighted by Gasteiger charge is -2.16. The molecule has 3 heterocycles. The van der Waals surface area contributed by atoms with Crippen LogP contribution in [0.4, 0.5) is 14.6 Å². The third-order valence-corrected chi connectivity index (χ3v) is 3.11. The number of halogens is 2. The fourth-order valence-electron chi connectivity index (χ4n) is 2.10. The molecule has 3 aromatic heterocycles. The molecule has 0 aliphatic rings. The molecule has 9 heteroatoms. The molecule has 0 aliphatic heterocycles. The molecule has 0 saturated carbocycles. The normalized spacial score (nSPS) is 12.9. The molecular formula is C13H13F2N5O2. The lowest BCUT2D eigenvalue weighted by atomic mass is 10.1. The van der Waals surface area contributed by atoms with Crippen LogP contribution in [0.15, 0.2) is 34.9 Å². The van der Waals surface area contributed by atoms with Crippen LogP contribution >= 0.6 is 0 Å². The maximum absolute atomic E-state index is 12.8. The molecule has 116 valence electrons. The summed E-state index contributed by atoms with van der Waals surface area (Å²) in [5.41, 5.74) is 0.234. The van der Waals surface area contributed by atoms with E-state index in [0.717, 1.165) is 4.52 Å². The summed E-state index contributed by atoms with van der Waals surface area (Å²) in [4.78, 5) is 0. The monoisotopic (exact) mass is 309 g/mol. The number of fused-ring (bicyclic) bond motifs is 1. The van der Waals surface area contributed by atoms with Crippen LogP contribution in [0.2, 0.25) is 0 Å². The van der Waals surface area contributed by atoms with Gasteiger partial charge in [-0.2, -0.15) is 4.52 Å². The molecule has 0 amide bonds. The highest BCUT2D eigenvalue weighted by atomic mass is 19.3. The van der Waals surface area contributed by atoms with Gasteiger partial charge >= 0.3 is 0 Å². The van der Waals surface area contributed by atoms with E-state index in [4.69, 9.17) is 9.52 Å². The van der Waals surface area contributed by atoms with Crippen LogP contribution in [0.3, 0.4) is 0 Å². The predicted octanol–water partition coefficient (Wildman–Crippen LogP) is 2.19. The van der Waals surface area contributed by atoms with Crippen LogP contribution in [-0.2, 0) is 0 Å². The third-order valence-electron chi connectivity index (χ3n) is 3.11. The summed E-state index contributed by atoms with van der Waals surface area (Å²) in [7, 11) is 0. The van der Waals surface area contributed by atoms with Crippen molar-refractivity contribution in [3.63, 3.8) is 0 Å². The van der Waals surface area contributed by atoms with Crippen LogP contribution in [0.25, 0.3) is 5.65 Å². The molecule has 1 atom stereocenters. The molecule has 0 fully saturated rings. The van der Waals surface area contributed by atoms with Gasteiger partial charge in [0.2, 0.25) is 5.82 Å². The average molecular weight is 309 g/mol. The number of anilines is 1. The maximum atomic E-state index is 12.8. The Balaban J connectivity index is 1.90. The van der Waals surface area contributed by atoms with Gasteiger partial charge in [-0.05, 0) is 30.7 Å². The standard InChI is InChI=1S/C13H13F2N5O2/c14-12(15)13-18-17-11-4-3-10(19-20(11)13)16-8(5-6-21)9-2-1-7-22-9/h1-4,7-8,12,21H,5-6H2,(H,16,19). The Labute approximate surface area is 123 Å². The van der Waals surface area contributed by atoms with E-state index < -0.39 is 12.2 Å². The number of furan rings is 1. The minimum absolute atomic E-state index is 0.0600. The van der Waals surface area contributed by atoms with Gasteiger partial charge in [0.15, 0.2) is 5.65 Å². The van der Waals surface area contributed by atoms with E-state index >= 15 is 0 Å². The Bertz CT molecular complexity index is 744. The molecule has 0 spiro atoms. The van der Waals surface area contributed by atoms with Gasteiger partial charge in [0, 0.05) is 6.61 Å². The van der Waals surface area contributed by atoms with E-state index in [1.165, 1.54) is 12.3 Å². The lowest BCUT2D eigenvalue weighted by Crippen LogP contribution is -2.14. The van der Waals surface area contributed by atoms with Crippen LogP contribution in [0.1, 0.15) is 30.5 Å². The summed E-state index contributed by atoms with van der Waals surface area (Å²) in [5.74, 6) is 0.452. The van der Waals surface area contributed by atoms with Crippen molar-refractivity contribution in [1.29, 1.82) is 0 Å². The van der Waals surface area contributed by atoms with Crippen LogP contribution < -0.4 is 5.32 Å². The van der Waals surface area contributed by atoms with Crippen molar-refractivity contribution in [3.05, 3.63) is 42.1 Å². The smallest absolute Gasteiger partial charge is 0.299 e. The second-order valence-electron chi connectivity index (χ2n) is 4.57. The van der Waals surface area contributed by atoms with Crippen LogP contribution in [-0.4, -0.2) is 31.5 Å². The molecule has 22 heavy (non-hydrogen) atoms. The Morgan fingerprint density at radius 2 is 2.14 bits per heavy atom. The number of aliphatic hydroxyl groups excluding tert-OH is 1. The molecular weight excluding hydrogens is 296 g/mol. The Hall–Kier alpha value is -2.55. The largest absolute Gasteiger partial charge is 0.467 e. The van der Waals surface area contributed by atoms with Gasteiger partial charge < -0.3 is 14.8 Å². The molecule has 0 aliphatic carbocycles. The number of rotatable bonds is 6. The molecule has 3 aromatic rings. The number of nitrogens with zero attached hydrogens (tertiary/aromatic N) is 4. The van der Waals surface area contributed by atoms with E-state index in [9.17, 15) is 8.78 Å². The minimum Gasteiger partial charge on any atom is -0.467 e. The van der Waals surface area contributed by atoms with Gasteiger partial charge in [0.05, 0.1) is 12.3 Å². The van der Waals surface area contributed by atoms with E-state index in [0.29, 0.717) is 18.0 Å². The summed E-state index contributed by atoms with van der Waals surface area (Å²) < 4.78 is 32.0. The summed E-state index contributed by atoms with van der Waals surface area (Å²) in [6.07, 6.45) is -0.861. The van der Waals surface area contributed by atoms with E-state index in [-0.39, 0.29) is 18.3 Å². The quantitative estimate of drug-likeness (QED) is 0.725. The summed E-state index contributed by atoms with van der Waals surface area (Å²) >= 11 is 0. The topological polar surface area (TPSA) is 88.5 Å². The maximum Gasteiger partial charge on any atom is 0.299 e. The molecule has 0 bridgehead atoms. The highest BCUT2D eigenvalue weighted by molar-refractivity contribution is 5.45. The first kappa shape index (κ1) is 14.4. The number of aromatic nitrogens is 4.